The lowest BCUT2D eigenvalue weighted by Crippen LogP contribution is -2.21. The number of benzene rings is 1. The molecule has 1 aliphatic rings. The van der Waals surface area contributed by atoms with Gasteiger partial charge in [-0.15, -0.1) is 0 Å². The fourth-order valence-corrected chi connectivity index (χ4v) is 3.03. The van der Waals surface area contributed by atoms with Crippen LogP contribution in [0.5, 0.6) is 0 Å². The van der Waals surface area contributed by atoms with Gasteiger partial charge in [-0.1, -0.05) is 11.8 Å². The number of nitrogens with zero attached hydrogens (tertiary/aromatic N) is 1. The molecule has 1 aliphatic heterocycles. The second kappa shape index (κ2) is 5.00. The smallest absolute Gasteiger partial charge is 0.343 e. The van der Waals surface area contributed by atoms with Crippen LogP contribution in [0.25, 0.3) is 17.1 Å². The first kappa shape index (κ1) is 13.8. The first-order valence-electron chi connectivity index (χ1n) is 6.12. The van der Waals surface area contributed by atoms with Crippen LogP contribution in [0, 0.1) is 11.6 Å². The number of ether oxygens (including phenoxy) is 1. The first-order valence-corrected chi connectivity index (χ1v) is 6.99. The Morgan fingerprint density at radius 1 is 1.43 bits per heavy atom. The quantitative estimate of drug-likeness (QED) is 0.800. The summed E-state index contributed by atoms with van der Waals surface area (Å²) >= 11 is 0.984. The summed E-state index contributed by atoms with van der Waals surface area (Å²) in [5.74, 6) is -2.91. The highest BCUT2D eigenvalue weighted by Gasteiger charge is 2.23. The summed E-state index contributed by atoms with van der Waals surface area (Å²) in [6, 6.07) is 0.815. The molecule has 0 spiro atoms. The monoisotopic (exact) mass is 309 g/mol. The summed E-state index contributed by atoms with van der Waals surface area (Å²) in [6.45, 7) is 1.73. The Kier molecular flexibility index (Phi) is 3.29. The van der Waals surface area contributed by atoms with E-state index in [0.717, 1.165) is 17.8 Å². The zero-order chi connectivity index (χ0) is 15.1. The molecular weight excluding hydrogens is 300 g/mol. The minimum Gasteiger partial charge on any atom is -0.462 e. The van der Waals surface area contributed by atoms with Gasteiger partial charge in [0.15, 0.2) is 11.6 Å². The topological polar surface area (TPSA) is 48.3 Å². The molecule has 1 aromatic carbocycles. The molecule has 0 amide bonds. The fourth-order valence-electron chi connectivity index (χ4n) is 2.17. The Balaban J connectivity index is 2.41. The molecule has 2 aromatic rings. The van der Waals surface area contributed by atoms with Crippen molar-refractivity contribution in [2.75, 3.05) is 6.61 Å². The van der Waals surface area contributed by atoms with Crippen molar-refractivity contribution in [2.45, 2.75) is 11.8 Å². The van der Waals surface area contributed by atoms with Crippen LogP contribution in [0.4, 0.5) is 8.78 Å². The lowest BCUT2D eigenvalue weighted by Gasteiger charge is -2.16. The Morgan fingerprint density at radius 3 is 2.90 bits per heavy atom. The molecule has 7 heteroatoms. The first-order chi connectivity index (χ1) is 10.0. The molecule has 0 unspecified atom stereocenters. The van der Waals surface area contributed by atoms with Crippen LogP contribution < -0.4 is 5.43 Å². The van der Waals surface area contributed by atoms with Crippen LogP contribution >= 0.6 is 11.8 Å². The van der Waals surface area contributed by atoms with Crippen molar-refractivity contribution in [1.29, 1.82) is 0 Å². The average molecular weight is 309 g/mol. The number of carbonyl (C=O) groups is 1. The second-order valence-corrected chi connectivity index (χ2v) is 5.22. The zero-order valence-electron chi connectivity index (χ0n) is 10.9. The molecule has 2 heterocycles. The maximum atomic E-state index is 13.8. The number of rotatable bonds is 2. The van der Waals surface area contributed by atoms with Gasteiger partial charge in [-0.25, -0.2) is 13.6 Å². The molecule has 0 saturated carbocycles. The minimum absolute atomic E-state index is 0.0278. The van der Waals surface area contributed by atoms with Crippen molar-refractivity contribution >= 4 is 34.8 Å². The lowest BCUT2D eigenvalue weighted by atomic mass is 10.1. The maximum absolute atomic E-state index is 13.8. The largest absolute Gasteiger partial charge is 0.462 e. The van der Waals surface area contributed by atoms with E-state index in [-0.39, 0.29) is 28.0 Å². The van der Waals surface area contributed by atoms with E-state index in [1.807, 2.05) is 0 Å². The van der Waals surface area contributed by atoms with Crippen LogP contribution in [0.2, 0.25) is 0 Å². The Hall–Kier alpha value is -2.15. The van der Waals surface area contributed by atoms with Crippen LogP contribution in [-0.4, -0.2) is 17.1 Å². The lowest BCUT2D eigenvalue weighted by molar-refractivity contribution is 0.0524. The third-order valence-corrected chi connectivity index (χ3v) is 3.93. The average Bonchev–Trinajstić information content (AvgIpc) is 2.47. The number of carbonyl (C=O) groups excluding carboxylic acids is 1. The summed E-state index contributed by atoms with van der Waals surface area (Å²) in [6.07, 6.45) is 2.85. The van der Waals surface area contributed by atoms with Gasteiger partial charge >= 0.3 is 5.97 Å². The van der Waals surface area contributed by atoms with E-state index < -0.39 is 23.0 Å². The van der Waals surface area contributed by atoms with Gasteiger partial charge in [0.1, 0.15) is 5.56 Å². The molecule has 108 valence electrons. The van der Waals surface area contributed by atoms with Crippen molar-refractivity contribution in [3.05, 3.63) is 45.1 Å². The number of hydrogen-bond donors (Lipinski definition) is 0. The second-order valence-electron chi connectivity index (χ2n) is 4.30. The van der Waals surface area contributed by atoms with Crippen molar-refractivity contribution < 1.29 is 18.3 Å². The molecule has 0 bridgehead atoms. The van der Waals surface area contributed by atoms with E-state index in [0.29, 0.717) is 0 Å². The zero-order valence-corrected chi connectivity index (χ0v) is 11.7. The molecule has 0 radical (unpaired) electrons. The highest BCUT2D eigenvalue weighted by Crippen LogP contribution is 2.35. The minimum atomic E-state index is -1.12. The van der Waals surface area contributed by atoms with E-state index >= 15 is 0 Å². The third kappa shape index (κ3) is 2.04. The molecule has 0 N–H and O–H groups in total. The normalized spacial score (nSPS) is 12.7. The van der Waals surface area contributed by atoms with Crippen LogP contribution in [0.1, 0.15) is 17.3 Å². The van der Waals surface area contributed by atoms with E-state index in [1.54, 1.807) is 18.5 Å². The summed E-state index contributed by atoms with van der Waals surface area (Å²) < 4.78 is 33.7. The predicted molar refractivity (Wildman–Crippen MR) is 75.3 cm³/mol. The third-order valence-electron chi connectivity index (χ3n) is 3.07. The molecule has 0 atom stereocenters. The van der Waals surface area contributed by atoms with Crippen molar-refractivity contribution in [1.82, 2.24) is 4.57 Å². The van der Waals surface area contributed by atoms with E-state index in [4.69, 9.17) is 4.74 Å². The van der Waals surface area contributed by atoms with E-state index in [9.17, 15) is 18.4 Å². The summed E-state index contributed by atoms with van der Waals surface area (Å²) in [7, 11) is 0. The number of thioether (sulfide) groups is 1. The molecule has 0 fully saturated rings. The summed E-state index contributed by atoms with van der Waals surface area (Å²) in [5.41, 5.74) is -0.631. The molecule has 3 rings (SSSR count). The molecule has 0 aliphatic carbocycles. The molecule has 1 aromatic heterocycles. The molecule has 0 saturated heterocycles. The summed E-state index contributed by atoms with van der Waals surface area (Å²) in [4.78, 5) is 24.1. The molecule has 21 heavy (non-hydrogen) atoms. The molecular formula is C14H9F2NO3S. The van der Waals surface area contributed by atoms with Crippen molar-refractivity contribution in [2.24, 2.45) is 0 Å². The van der Waals surface area contributed by atoms with Crippen molar-refractivity contribution in [3.63, 3.8) is 0 Å². The maximum Gasteiger partial charge on any atom is 0.343 e. The molecule has 4 nitrogen and oxygen atoms in total. The SMILES string of the molecule is CCOC(=O)c1cn2c3c(c(F)c(F)cc3c1=O)SC=C2. The van der Waals surface area contributed by atoms with Gasteiger partial charge in [0.25, 0.3) is 0 Å². The number of aromatic nitrogens is 1. The summed E-state index contributed by atoms with van der Waals surface area (Å²) in [5, 5.41) is 1.50. The fraction of sp³-hybridized carbons (Fsp3) is 0.143. The van der Waals surface area contributed by atoms with Crippen LogP contribution in [-0.2, 0) is 4.74 Å². The van der Waals surface area contributed by atoms with Crippen LogP contribution in [0.15, 0.2) is 27.4 Å². The van der Waals surface area contributed by atoms with Gasteiger partial charge in [0.05, 0.1) is 22.4 Å². The predicted octanol–water partition coefficient (Wildman–Crippen LogP) is 2.99. The van der Waals surface area contributed by atoms with Crippen LogP contribution in [0.3, 0.4) is 0 Å². The number of pyridine rings is 1. The standard InChI is InChI=1S/C14H9F2NO3S/c1-2-20-14(19)8-6-17-3-4-21-13-10(16)9(15)5-7(11(13)17)12(8)18/h3-6H,2H2,1H3. The Morgan fingerprint density at radius 2 is 2.19 bits per heavy atom. The highest BCUT2D eigenvalue weighted by molar-refractivity contribution is 8.02. The number of halogens is 2. The van der Waals surface area contributed by atoms with Gasteiger partial charge in [0, 0.05) is 12.4 Å². The number of hydrogen-bond acceptors (Lipinski definition) is 4. The van der Waals surface area contributed by atoms with Gasteiger partial charge in [0.2, 0.25) is 5.43 Å². The van der Waals surface area contributed by atoms with E-state index in [2.05, 4.69) is 0 Å². The highest BCUT2D eigenvalue weighted by atomic mass is 32.2. The number of esters is 1. The van der Waals surface area contributed by atoms with Gasteiger partial charge in [-0.3, -0.25) is 4.79 Å². The van der Waals surface area contributed by atoms with Gasteiger partial charge < -0.3 is 9.30 Å². The van der Waals surface area contributed by atoms with Crippen molar-refractivity contribution in [3.8, 4) is 0 Å². The Bertz CT molecular complexity index is 858. The van der Waals surface area contributed by atoms with Gasteiger partial charge in [-0.2, -0.15) is 0 Å². The van der Waals surface area contributed by atoms with Gasteiger partial charge in [-0.05, 0) is 18.4 Å². The van der Waals surface area contributed by atoms with E-state index in [1.165, 1.54) is 10.8 Å². The Labute approximate surface area is 122 Å².